The minimum Gasteiger partial charge on any atom is -0.377 e. The molecule has 0 aromatic heterocycles. The Balaban J connectivity index is 0. The van der Waals surface area contributed by atoms with E-state index in [9.17, 15) is 18.0 Å². The standard InChI is InChI=1S/C4H5F3O2.C2H6/c1-2(8)3(9)4(5,6)7;1-2/h3,9H,1H3;1-2H3. The van der Waals surface area contributed by atoms with Gasteiger partial charge in [0.05, 0.1) is 0 Å². The first-order valence-corrected chi connectivity index (χ1v) is 3.11. The predicted octanol–water partition coefficient (Wildman–Crippen LogP) is 1.52. The van der Waals surface area contributed by atoms with E-state index in [-0.39, 0.29) is 0 Å². The fourth-order valence-corrected chi connectivity index (χ4v) is 0.230. The largest absolute Gasteiger partial charge is 0.421 e. The molecule has 1 atom stereocenters. The van der Waals surface area contributed by atoms with Crippen LogP contribution in [-0.2, 0) is 4.79 Å². The lowest BCUT2D eigenvalue weighted by Gasteiger charge is -2.09. The molecule has 5 heteroatoms. The van der Waals surface area contributed by atoms with Crippen molar-refractivity contribution in [2.45, 2.75) is 33.1 Å². The molecule has 11 heavy (non-hydrogen) atoms. The topological polar surface area (TPSA) is 37.3 Å². The fourth-order valence-electron chi connectivity index (χ4n) is 0.230. The van der Waals surface area contributed by atoms with E-state index in [1.165, 1.54) is 0 Å². The number of ketones is 1. The molecule has 0 aromatic rings. The molecule has 0 aliphatic heterocycles. The molecule has 0 aromatic carbocycles. The molecule has 0 radical (unpaired) electrons. The highest BCUT2D eigenvalue weighted by atomic mass is 19.4. The lowest BCUT2D eigenvalue weighted by molar-refractivity contribution is -0.202. The van der Waals surface area contributed by atoms with Crippen LogP contribution in [0.5, 0.6) is 0 Å². The lowest BCUT2D eigenvalue weighted by atomic mass is 10.2. The summed E-state index contributed by atoms with van der Waals surface area (Å²) in [4.78, 5) is 9.82. The Morgan fingerprint density at radius 3 is 1.64 bits per heavy atom. The number of aliphatic hydroxyl groups excluding tert-OH is 1. The SMILES string of the molecule is CC.CC(=O)C(O)C(F)(F)F. The molecule has 0 saturated carbocycles. The van der Waals surface area contributed by atoms with Gasteiger partial charge in [0.1, 0.15) is 0 Å². The van der Waals surface area contributed by atoms with E-state index in [0.717, 1.165) is 0 Å². The Bertz CT molecular complexity index is 119. The van der Waals surface area contributed by atoms with Gasteiger partial charge in [0, 0.05) is 0 Å². The van der Waals surface area contributed by atoms with Crippen LogP contribution in [0.25, 0.3) is 0 Å². The Kier molecular flexibility index (Phi) is 6.07. The summed E-state index contributed by atoms with van der Waals surface area (Å²) < 4.78 is 33.7. The van der Waals surface area contributed by atoms with Gasteiger partial charge in [-0.05, 0) is 6.92 Å². The molecule has 0 amide bonds. The van der Waals surface area contributed by atoms with Crippen LogP contribution in [0.2, 0.25) is 0 Å². The first-order valence-electron chi connectivity index (χ1n) is 3.11. The van der Waals surface area contributed by atoms with E-state index in [1.807, 2.05) is 13.8 Å². The molecule has 0 saturated heterocycles. The number of carbonyl (C=O) groups is 1. The molecule has 68 valence electrons. The van der Waals surface area contributed by atoms with Crippen LogP contribution in [0.4, 0.5) is 13.2 Å². The van der Waals surface area contributed by atoms with E-state index in [2.05, 4.69) is 0 Å². The summed E-state index contributed by atoms with van der Waals surface area (Å²) in [5.41, 5.74) is 0. The van der Waals surface area contributed by atoms with Crippen LogP contribution >= 0.6 is 0 Å². The van der Waals surface area contributed by atoms with Gasteiger partial charge in [0.2, 0.25) is 6.10 Å². The van der Waals surface area contributed by atoms with Gasteiger partial charge in [0.25, 0.3) is 0 Å². The van der Waals surface area contributed by atoms with Gasteiger partial charge in [-0.25, -0.2) is 0 Å². The van der Waals surface area contributed by atoms with Gasteiger partial charge in [-0.15, -0.1) is 0 Å². The summed E-state index contributed by atoms with van der Waals surface area (Å²) in [6, 6.07) is 0. The molecule has 0 bridgehead atoms. The molecule has 1 unspecified atom stereocenters. The van der Waals surface area contributed by atoms with Crippen molar-refractivity contribution in [3.05, 3.63) is 0 Å². The van der Waals surface area contributed by atoms with Crippen LogP contribution < -0.4 is 0 Å². The highest BCUT2D eigenvalue weighted by Crippen LogP contribution is 2.19. The van der Waals surface area contributed by atoms with E-state index < -0.39 is 18.1 Å². The molecule has 0 aliphatic rings. The van der Waals surface area contributed by atoms with Crippen molar-refractivity contribution in [1.82, 2.24) is 0 Å². The summed E-state index contributed by atoms with van der Waals surface area (Å²) >= 11 is 0. The summed E-state index contributed by atoms with van der Waals surface area (Å²) in [6.45, 7) is 4.68. The van der Waals surface area contributed by atoms with Gasteiger partial charge in [-0.1, -0.05) is 13.8 Å². The van der Waals surface area contributed by atoms with E-state index in [0.29, 0.717) is 6.92 Å². The molecule has 0 fully saturated rings. The van der Waals surface area contributed by atoms with Crippen LogP contribution in [0.15, 0.2) is 0 Å². The number of rotatable bonds is 1. The average Bonchev–Trinajstić information content (AvgIpc) is 1.89. The summed E-state index contributed by atoms with van der Waals surface area (Å²) in [5, 5.41) is 7.99. The number of aliphatic hydroxyl groups is 1. The van der Waals surface area contributed by atoms with Crippen LogP contribution in [0.3, 0.4) is 0 Å². The third kappa shape index (κ3) is 5.84. The second-order valence-electron chi connectivity index (χ2n) is 1.55. The monoisotopic (exact) mass is 172 g/mol. The molecule has 0 spiro atoms. The van der Waals surface area contributed by atoms with Crippen molar-refractivity contribution in [2.24, 2.45) is 0 Å². The molecule has 0 rings (SSSR count). The van der Waals surface area contributed by atoms with Crippen molar-refractivity contribution >= 4 is 5.78 Å². The number of Topliss-reactive ketones (excluding diaryl/α,β-unsaturated/α-hetero) is 1. The van der Waals surface area contributed by atoms with Gasteiger partial charge >= 0.3 is 6.18 Å². The Morgan fingerprint density at radius 2 is 1.64 bits per heavy atom. The highest BCUT2D eigenvalue weighted by Gasteiger charge is 2.41. The molecule has 0 aliphatic carbocycles. The van der Waals surface area contributed by atoms with Gasteiger partial charge in [-0.3, -0.25) is 4.79 Å². The Labute approximate surface area is 63.0 Å². The van der Waals surface area contributed by atoms with Crippen LogP contribution in [0.1, 0.15) is 20.8 Å². The number of alkyl halides is 3. The third-order valence-electron chi connectivity index (χ3n) is 0.695. The quantitative estimate of drug-likeness (QED) is 0.651. The smallest absolute Gasteiger partial charge is 0.377 e. The van der Waals surface area contributed by atoms with Crippen LogP contribution in [-0.4, -0.2) is 23.2 Å². The predicted molar refractivity (Wildman–Crippen MR) is 34.1 cm³/mol. The zero-order valence-corrected chi connectivity index (χ0v) is 6.57. The van der Waals surface area contributed by atoms with Crippen molar-refractivity contribution in [3.63, 3.8) is 0 Å². The third-order valence-corrected chi connectivity index (χ3v) is 0.695. The molecular formula is C6H11F3O2. The first kappa shape index (κ1) is 13.0. The zero-order valence-electron chi connectivity index (χ0n) is 6.57. The minimum atomic E-state index is -4.81. The Hall–Kier alpha value is -0.580. The van der Waals surface area contributed by atoms with E-state index in [1.54, 1.807) is 0 Å². The maximum absolute atomic E-state index is 11.2. The number of hydrogen-bond acceptors (Lipinski definition) is 2. The van der Waals surface area contributed by atoms with E-state index in [4.69, 9.17) is 5.11 Å². The second-order valence-corrected chi connectivity index (χ2v) is 1.55. The van der Waals surface area contributed by atoms with Crippen molar-refractivity contribution in [1.29, 1.82) is 0 Å². The zero-order chi connectivity index (χ0) is 9.65. The second kappa shape index (κ2) is 5.12. The average molecular weight is 172 g/mol. The van der Waals surface area contributed by atoms with E-state index >= 15 is 0 Å². The summed E-state index contributed by atoms with van der Waals surface area (Å²) in [5.74, 6) is -1.29. The Morgan fingerprint density at radius 1 is 1.36 bits per heavy atom. The lowest BCUT2D eigenvalue weighted by Crippen LogP contribution is -2.34. The van der Waals surface area contributed by atoms with Gasteiger partial charge < -0.3 is 5.11 Å². The minimum absolute atomic E-state index is 0.679. The first-order chi connectivity index (χ1) is 4.85. The van der Waals surface area contributed by atoms with Crippen molar-refractivity contribution in [2.75, 3.05) is 0 Å². The molecular weight excluding hydrogens is 161 g/mol. The number of hydrogen-bond donors (Lipinski definition) is 1. The number of halogens is 3. The van der Waals surface area contributed by atoms with Gasteiger partial charge in [-0.2, -0.15) is 13.2 Å². The summed E-state index contributed by atoms with van der Waals surface area (Å²) in [6.07, 6.45) is -7.64. The summed E-state index contributed by atoms with van der Waals surface area (Å²) in [7, 11) is 0. The van der Waals surface area contributed by atoms with Gasteiger partial charge in [0.15, 0.2) is 5.78 Å². The maximum Gasteiger partial charge on any atom is 0.421 e. The molecule has 2 nitrogen and oxygen atoms in total. The molecule has 0 heterocycles. The fraction of sp³-hybridized carbons (Fsp3) is 0.833. The van der Waals surface area contributed by atoms with Crippen molar-refractivity contribution in [3.8, 4) is 0 Å². The maximum atomic E-state index is 11.2. The highest BCUT2D eigenvalue weighted by molar-refractivity contribution is 5.80. The number of carbonyl (C=O) groups excluding carboxylic acids is 1. The normalized spacial score (nSPS) is 13.0. The van der Waals surface area contributed by atoms with Crippen LogP contribution in [0, 0.1) is 0 Å². The molecule has 1 N–H and O–H groups in total. The van der Waals surface area contributed by atoms with Crippen molar-refractivity contribution < 1.29 is 23.1 Å².